The van der Waals surface area contributed by atoms with Crippen LogP contribution in [0, 0.1) is 5.92 Å². The maximum absolute atomic E-state index is 11.4. The summed E-state index contributed by atoms with van der Waals surface area (Å²) in [4.78, 5) is 28.7. The number of likely N-dealkylation sites (tertiary alicyclic amines) is 1. The number of rotatable bonds is 2. The lowest BCUT2D eigenvalue weighted by Gasteiger charge is -2.20. The molecule has 2 heterocycles. The van der Waals surface area contributed by atoms with Crippen molar-refractivity contribution in [1.82, 2.24) is 9.88 Å². The molecule has 2 rings (SSSR count). The van der Waals surface area contributed by atoms with Gasteiger partial charge in [-0.1, -0.05) is 0 Å². The zero-order valence-electron chi connectivity index (χ0n) is 8.08. The third kappa shape index (κ3) is 1.61. The quantitative estimate of drug-likeness (QED) is 0.807. The van der Waals surface area contributed by atoms with Crippen molar-refractivity contribution in [3.8, 4) is 0 Å². The van der Waals surface area contributed by atoms with Crippen LogP contribution in [0.25, 0.3) is 0 Å². The molecule has 0 bridgehead atoms. The average molecular weight is 226 g/mol. The van der Waals surface area contributed by atoms with E-state index in [9.17, 15) is 9.59 Å². The van der Waals surface area contributed by atoms with Crippen molar-refractivity contribution >= 4 is 23.2 Å². The van der Waals surface area contributed by atoms with E-state index in [-0.39, 0.29) is 18.4 Å². The minimum absolute atomic E-state index is 0.0778. The van der Waals surface area contributed by atoms with Crippen LogP contribution in [0.2, 0.25) is 0 Å². The molecule has 1 aliphatic heterocycles. The van der Waals surface area contributed by atoms with E-state index in [1.54, 1.807) is 18.8 Å². The molecule has 6 heteroatoms. The lowest BCUT2D eigenvalue weighted by molar-refractivity contribution is -0.142. The number of carbonyl (C=O) groups excluding carboxylic acids is 1. The molecule has 1 N–H and O–H groups in total. The van der Waals surface area contributed by atoms with Crippen LogP contribution in [-0.4, -0.2) is 33.9 Å². The number of carboxylic acids is 1. The summed E-state index contributed by atoms with van der Waals surface area (Å²) in [5.41, 5.74) is 1.64. The van der Waals surface area contributed by atoms with Gasteiger partial charge in [0.2, 0.25) is 5.91 Å². The molecule has 0 radical (unpaired) electrons. The first-order valence-corrected chi connectivity index (χ1v) is 5.36. The molecule has 2 unspecified atom stereocenters. The van der Waals surface area contributed by atoms with Crippen LogP contribution < -0.4 is 0 Å². The molecule has 1 amide bonds. The van der Waals surface area contributed by atoms with E-state index >= 15 is 0 Å². The predicted molar refractivity (Wildman–Crippen MR) is 53.4 cm³/mol. The SMILES string of the molecule is CN1C(=O)CC(C(=O)O)C1c1cncs1. The summed E-state index contributed by atoms with van der Waals surface area (Å²) >= 11 is 1.38. The van der Waals surface area contributed by atoms with Gasteiger partial charge in [0.15, 0.2) is 0 Å². The average Bonchev–Trinajstić information content (AvgIpc) is 2.76. The second kappa shape index (κ2) is 3.62. The van der Waals surface area contributed by atoms with Crippen LogP contribution in [-0.2, 0) is 9.59 Å². The first-order valence-electron chi connectivity index (χ1n) is 4.48. The van der Waals surface area contributed by atoms with E-state index < -0.39 is 11.9 Å². The fourth-order valence-corrected chi connectivity index (χ4v) is 2.68. The Labute approximate surface area is 90.4 Å². The van der Waals surface area contributed by atoms with Gasteiger partial charge in [0.1, 0.15) is 0 Å². The number of carboxylic acid groups (broad SMARTS) is 1. The Kier molecular flexibility index (Phi) is 2.44. The Balaban J connectivity index is 2.34. The van der Waals surface area contributed by atoms with Gasteiger partial charge in [0.05, 0.1) is 17.5 Å². The highest BCUT2D eigenvalue weighted by molar-refractivity contribution is 7.09. The Bertz CT molecular complexity index is 390. The van der Waals surface area contributed by atoms with Gasteiger partial charge in [-0.05, 0) is 0 Å². The standard InChI is InChI=1S/C9H10N2O3S/c1-11-7(12)2-5(9(13)14)8(11)6-3-10-4-15-6/h3-5,8H,2H2,1H3,(H,13,14). The maximum Gasteiger partial charge on any atom is 0.309 e. The number of aliphatic carboxylic acids is 1. The highest BCUT2D eigenvalue weighted by atomic mass is 32.1. The fourth-order valence-electron chi connectivity index (χ4n) is 1.85. The highest BCUT2D eigenvalue weighted by Crippen LogP contribution is 2.38. The van der Waals surface area contributed by atoms with E-state index in [0.717, 1.165) is 4.88 Å². The molecule has 15 heavy (non-hydrogen) atoms. The summed E-state index contributed by atoms with van der Waals surface area (Å²) in [5, 5.41) is 9.02. The number of hydrogen-bond donors (Lipinski definition) is 1. The lowest BCUT2D eigenvalue weighted by atomic mass is 10.00. The zero-order valence-corrected chi connectivity index (χ0v) is 8.90. The van der Waals surface area contributed by atoms with Crippen molar-refractivity contribution in [2.75, 3.05) is 7.05 Å². The van der Waals surface area contributed by atoms with Crippen LogP contribution in [0.3, 0.4) is 0 Å². The Hall–Kier alpha value is -1.43. The Morgan fingerprint density at radius 2 is 2.47 bits per heavy atom. The summed E-state index contributed by atoms with van der Waals surface area (Å²) in [5.74, 6) is -1.70. The van der Waals surface area contributed by atoms with Crippen LogP contribution in [0.1, 0.15) is 17.3 Å². The molecule has 5 nitrogen and oxygen atoms in total. The fraction of sp³-hybridized carbons (Fsp3) is 0.444. The van der Waals surface area contributed by atoms with Crippen molar-refractivity contribution in [2.45, 2.75) is 12.5 Å². The molecule has 1 aliphatic rings. The molecule has 0 aliphatic carbocycles. The van der Waals surface area contributed by atoms with Gasteiger partial charge in [0, 0.05) is 24.5 Å². The summed E-state index contributed by atoms with van der Waals surface area (Å²) < 4.78 is 0. The van der Waals surface area contributed by atoms with E-state index in [0.29, 0.717) is 0 Å². The lowest BCUT2D eigenvalue weighted by Crippen LogP contribution is -2.26. The largest absolute Gasteiger partial charge is 0.481 e. The molecule has 0 saturated carbocycles. The van der Waals surface area contributed by atoms with Crippen molar-refractivity contribution < 1.29 is 14.7 Å². The molecule has 2 atom stereocenters. The first kappa shape index (κ1) is 10.1. The zero-order chi connectivity index (χ0) is 11.0. The number of thiazole rings is 1. The number of carbonyl (C=O) groups is 2. The Morgan fingerprint density at radius 3 is 3.00 bits per heavy atom. The van der Waals surface area contributed by atoms with Crippen molar-refractivity contribution in [3.05, 3.63) is 16.6 Å². The maximum atomic E-state index is 11.4. The normalized spacial score (nSPS) is 25.9. The van der Waals surface area contributed by atoms with Gasteiger partial charge < -0.3 is 10.0 Å². The minimum Gasteiger partial charge on any atom is -0.481 e. The van der Waals surface area contributed by atoms with Crippen molar-refractivity contribution in [1.29, 1.82) is 0 Å². The van der Waals surface area contributed by atoms with Crippen LogP contribution >= 0.6 is 11.3 Å². The summed E-state index contributed by atoms with van der Waals surface area (Å²) in [6.45, 7) is 0. The van der Waals surface area contributed by atoms with Gasteiger partial charge in [-0.3, -0.25) is 14.6 Å². The van der Waals surface area contributed by atoms with Crippen LogP contribution in [0.15, 0.2) is 11.7 Å². The predicted octanol–water partition coefficient (Wildman–Crippen LogP) is 0.747. The van der Waals surface area contributed by atoms with Gasteiger partial charge in [-0.15, -0.1) is 11.3 Å². The van der Waals surface area contributed by atoms with Crippen LogP contribution in [0.4, 0.5) is 0 Å². The molecule has 0 spiro atoms. The molecular weight excluding hydrogens is 216 g/mol. The third-order valence-electron chi connectivity index (χ3n) is 2.65. The molecule has 1 aromatic heterocycles. The second-order valence-corrected chi connectivity index (χ2v) is 4.42. The van der Waals surface area contributed by atoms with E-state index in [2.05, 4.69) is 4.98 Å². The minimum atomic E-state index is -0.925. The number of aromatic nitrogens is 1. The number of amides is 1. The number of hydrogen-bond acceptors (Lipinski definition) is 4. The van der Waals surface area contributed by atoms with E-state index in [4.69, 9.17) is 5.11 Å². The number of nitrogens with zero attached hydrogens (tertiary/aromatic N) is 2. The van der Waals surface area contributed by atoms with Crippen molar-refractivity contribution in [2.24, 2.45) is 5.92 Å². The molecule has 80 valence electrons. The van der Waals surface area contributed by atoms with E-state index in [1.165, 1.54) is 16.2 Å². The second-order valence-electron chi connectivity index (χ2n) is 3.50. The van der Waals surface area contributed by atoms with Gasteiger partial charge in [-0.25, -0.2) is 0 Å². The molecule has 1 saturated heterocycles. The Morgan fingerprint density at radius 1 is 1.73 bits per heavy atom. The third-order valence-corrected chi connectivity index (χ3v) is 3.49. The van der Waals surface area contributed by atoms with Gasteiger partial charge in [0.25, 0.3) is 0 Å². The molecule has 1 aromatic rings. The van der Waals surface area contributed by atoms with Crippen LogP contribution in [0.5, 0.6) is 0 Å². The van der Waals surface area contributed by atoms with Gasteiger partial charge in [-0.2, -0.15) is 0 Å². The molecule has 1 fully saturated rings. The smallest absolute Gasteiger partial charge is 0.309 e. The first-order chi connectivity index (χ1) is 7.11. The summed E-state index contributed by atoms with van der Waals surface area (Å²) in [6, 6.07) is -0.359. The van der Waals surface area contributed by atoms with Gasteiger partial charge >= 0.3 is 5.97 Å². The molecular formula is C9H10N2O3S. The summed E-state index contributed by atoms with van der Waals surface area (Å²) in [7, 11) is 1.63. The monoisotopic (exact) mass is 226 g/mol. The highest BCUT2D eigenvalue weighted by Gasteiger charge is 2.43. The molecule has 0 aromatic carbocycles. The van der Waals surface area contributed by atoms with E-state index in [1.807, 2.05) is 0 Å². The summed E-state index contributed by atoms with van der Waals surface area (Å²) in [6.07, 6.45) is 1.70. The topological polar surface area (TPSA) is 70.5 Å². The van der Waals surface area contributed by atoms with Crippen molar-refractivity contribution in [3.63, 3.8) is 0 Å².